The van der Waals surface area contributed by atoms with Crippen LogP contribution < -0.4 is 5.32 Å². The van der Waals surface area contributed by atoms with Gasteiger partial charge in [-0.2, -0.15) is 0 Å². The fourth-order valence-corrected chi connectivity index (χ4v) is 4.48. The van der Waals surface area contributed by atoms with Crippen LogP contribution in [0.5, 0.6) is 0 Å². The lowest BCUT2D eigenvalue weighted by Crippen LogP contribution is -2.29. The Bertz CT molecular complexity index is 631. The summed E-state index contributed by atoms with van der Waals surface area (Å²) in [5.41, 5.74) is 1.38. The molecule has 110 valence electrons. The molecule has 0 spiro atoms. The second-order valence-corrected chi connectivity index (χ2v) is 6.74. The molecule has 1 aromatic rings. The molecule has 2 heterocycles. The fraction of sp³-hybridized carbons (Fsp3) is 0.333. The standard InChI is InChI=1S/C15H14ClNO3S/c16-10-4-2-1-3-8(10)12(14(18)19)13-9-7-17-6-5-11(9)21-15(13)20/h1-4,7,11-13,17H,5-6H2,(H,18,19)/t11?,12-,13?/m1/s1. The first-order valence-corrected chi connectivity index (χ1v) is 7.96. The van der Waals surface area contributed by atoms with E-state index in [0.717, 1.165) is 18.5 Å². The van der Waals surface area contributed by atoms with Gasteiger partial charge in [-0.05, 0) is 29.8 Å². The van der Waals surface area contributed by atoms with E-state index in [9.17, 15) is 14.7 Å². The third-order valence-electron chi connectivity index (χ3n) is 3.90. The molecule has 21 heavy (non-hydrogen) atoms. The lowest BCUT2D eigenvalue weighted by atomic mass is 9.80. The second kappa shape index (κ2) is 5.73. The summed E-state index contributed by atoms with van der Waals surface area (Å²) in [4.78, 5) is 24.2. The minimum absolute atomic E-state index is 0.0812. The second-order valence-electron chi connectivity index (χ2n) is 5.13. The zero-order valence-electron chi connectivity index (χ0n) is 11.1. The van der Waals surface area contributed by atoms with E-state index in [1.54, 1.807) is 24.3 Å². The Hall–Kier alpha value is -1.46. The number of benzene rings is 1. The first-order chi connectivity index (χ1) is 10.1. The third kappa shape index (κ3) is 2.56. The number of carbonyl (C=O) groups excluding carboxylic acids is 1. The number of nitrogens with one attached hydrogen (secondary N) is 1. The van der Waals surface area contributed by atoms with Crippen LogP contribution in [0, 0.1) is 5.92 Å². The van der Waals surface area contributed by atoms with Crippen LogP contribution in [0.3, 0.4) is 0 Å². The van der Waals surface area contributed by atoms with Crippen LogP contribution in [0.25, 0.3) is 0 Å². The van der Waals surface area contributed by atoms with E-state index < -0.39 is 17.8 Å². The third-order valence-corrected chi connectivity index (χ3v) is 5.53. The molecule has 4 nitrogen and oxygen atoms in total. The Balaban J connectivity index is 2.06. The number of fused-ring (bicyclic) bond motifs is 1. The number of hydrogen-bond donors (Lipinski definition) is 2. The van der Waals surface area contributed by atoms with E-state index in [0.29, 0.717) is 10.6 Å². The summed E-state index contributed by atoms with van der Waals surface area (Å²) in [6.07, 6.45) is 2.65. The predicted octanol–water partition coefficient (Wildman–Crippen LogP) is 2.64. The molecule has 2 N–H and O–H groups in total. The Morgan fingerprint density at radius 2 is 2.19 bits per heavy atom. The van der Waals surface area contributed by atoms with Gasteiger partial charge in [0, 0.05) is 16.8 Å². The summed E-state index contributed by atoms with van der Waals surface area (Å²) in [7, 11) is 0. The Morgan fingerprint density at radius 3 is 2.90 bits per heavy atom. The Kier molecular flexibility index (Phi) is 3.95. The van der Waals surface area contributed by atoms with Gasteiger partial charge in [0.15, 0.2) is 5.12 Å². The SMILES string of the molecule is O=C1SC2CCNC=C2C1[C@H](C(=O)O)c1ccccc1Cl. The quantitative estimate of drug-likeness (QED) is 0.895. The van der Waals surface area contributed by atoms with Crippen LogP contribution in [0.1, 0.15) is 17.9 Å². The van der Waals surface area contributed by atoms with Crippen molar-refractivity contribution in [3.8, 4) is 0 Å². The Labute approximate surface area is 131 Å². The van der Waals surface area contributed by atoms with Crippen molar-refractivity contribution < 1.29 is 14.7 Å². The highest BCUT2D eigenvalue weighted by molar-refractivity contribution is 8.14. The maximum atomic E-state index is 12.4. The van der Waals surface area contributed by atoms with Crippen molar-refractivity contribution in [3.05, 3.63) is 46.6 Å². The van der Waals surface area contributed by atoms with Crippen molar-refractivity contribution in [1.29, 1.82) is 0 Å². The van der Waals surface area contributed by atoms with Crippen molar-refractivity contribution >= 4 is 34.4 Å². The smallest absolute Gasteiger partial charge is 0.312 e. The molecule has 0 radical (unpaired) electrons. The predicted molar refractivity (Wildman–Crippen MR) is 82.4 cm³/mol. The zero-order valence-corrected chi connectivity index (χ0v) is 12.7. The van der Waals surface area contributed by atoms with Gasteiger partial charge in [-0.25, -0.2) is 0 Å². The number of thioether (sulfide) groups is 1. The highest BCUT2D eigenvalue weighted by Crippen LogP contribution is 2.48. The molecule has 3 rings (SSSR count). The van der Waals surface area contributed by atoms with Crippen LogP contribution >= 0.6 is 23.4 Å². The minimum atomic E-state index is -1.02. The van der Waals surface area contributed by atoms with Crippen LogP contribution in [0.4, 0.5) is 0 Å². The van der Waals surface area contributed by atoms with Crippen molar-refractivity contribution in [2.75, 3.05) is 6.54 Å². The van der Waals surface area contributed by atoms with E-state index in [1.807, 2.05) is 6.20 Å². The first-order valence-electron chi connectivity index (χ1n) is 6.70. The summed E-state index contributed by atoms with van der Waals surface area (Å²) in [6, 6.07) is 6.84. The zero-order chi connectivity index (χ0) is 15.0. The molecule has 0 aliphatic carbocycles. The number of carbonyl (C=O) groups is 2. The Morgan fingerprint density at radius 1 is 1.43 bits per heavy atom. The molecule has 0 bridgehead atoms. The molecule has 6 heteroatoms. The van der Waals surface area contributed by atoms with Gasteiger partial charge in [0.05, 0.1) is 11.8 Å². The lowest BCUT2D eigenvalue weighted by molar-refractivity contribution is -0.141. The molecule has 2 unspecified atom stereocenters. The molecule has 1 saturated heterocycles. The number of rotatable bonds is 3. The van der Waals surface area contributed by atoms with Crippen LogP contribution in [0.15, 0.2) is 36.0 Å². The van der Waals surface area contributed by atoms with Gasteiger partial charge in [0.25, 0.3) is 0 Å². The molecule has 3 atom stereocenters. The fourth-order valence-electron chi connectivity index (χ4n) is 2.94. The topological polar surface area (TPSA) is 66.4 Å². The van der Waals surface area contributed by atoms with Gasteiger partial charge in [0.1, 0.15) is 0 Å². The summed E-state index contributed by atoms with van der Waals surface area (Å²) in [6.45, 7) is 0.811. The normalized spacial score (nSPS) is 25.8. The number of carboxylic acids is 1. The van der Waals surface area contributed by atoms with Gasteiger partial charge < -0.3 is 10.4 Å². The maximum Gasteiger partial charge on any atom is 0.312 e. The number of aliphatic carboxylic acids is 1. The number of hydrogen-bond acceptors (Lipinski definition) is 4. The average Bonchev–Trinajstić information content (AvgIpc) is 2.78. The summed E-state index contributed by atoms with van der Waals surface area (Å²) in [5.74, 6) is -2.60. The van der Waals surface area contributed by atoms with E-state index in [1.165, 1.54) is 11.8 Å². The van der Waals surface area contributed by atoms with Crippen LogP contribution in [0.2, 0.25) is 5.02 Å². The highest BCUT2D eigenvalue weighted by atomic mass is 35.5. The molecular weight excluding hydrogens is 310 g/mol. The molecular formula is C15H14ClNO3S. The molecule has 2 aliphatic rings. The van der Waals surface area contributed by atoms with Crippen LogP contribution in [-0.4, -0.2) is 28.0 Å². The van der Waals surface area contributed by atoms with Crippen molar-refractivity contribution in [1.82, 2.24) is 5.32 Å². The number of carboxylic acid groups (broad SMARTS) is 1. The molecule has 0 amide bonds. The van der Waals surface area contributed by atoms with Gasteiger partial charge in [-0.1, -0.05) is 41.6 Å². The minimum Gasteiger partial charge on any atom is -0.481 e. The van der Waals surface area contributed by atoms with Gasteiger partial charge >= 0.3 is 5.97 Å². The molecule has 0 aromatic heterocycles. The van der Waals surface area contributed by atoms with Crippen molar-refractivity contribution in [2.24, 2.45) is 5.92 Å². The average molecular weight is 324 g/mol. The van der Waals surface area contributed by atoms with E-state index in [2.05, 4.69) is 5.32 Å². The molecule has 0 saturated carbocycles. The molecule has 2 aliphatic heterocycles. The summed E-state index contributed by atoms with van der Waals surface area (Å²) >= 11 is 7.40. The van der Waals surface area contributed by atoms with Gasteiger partial charge in [0.2, 0.25) is 0 Å². The van der Waals surface area contributed by atoms with E-state index in [4.69, 9.17) is 11.6 Å². The summed E-state index contributed by atoms with van der Waals surface area (Å²) in [5, 5.41) is 13.2. The summed E-state index contributed by atoms with van der Waals surface area (Å²) < 4.78 is 0. The van der Waals surface area contributed by atoms with E-state index >= 15 is 0 Å². The molecule has 1 aromatic carbocycles. The molecule has 1 fully saturated rings. The maximum absolute atomic E-state index is 12.4. The highest BCUT2D eigenvalue weighted by Gasteiger charge is 2.47. The van der Waals surface area contributed by atoms with Gasteiger partial charge in [-0.15, -0.1) is 0 Å². The largest absolute Gasteiger partial charge is 0.481 e. The van der Waals surface area contributed by atoms with Crippen LogP contribution in [-0.2, 0) is 9.59 Å². The first kappa shape index (κ1) is 14.5. The van der Waals surface area contributed by atoms with Crippen molar-refractivity contribution in [3.63, 3.8) is 0 Å². The lowest BCUT2D eigenvalue weighted by Gasteiger charge is -2.24. The van der Waals surface area contributed by atoms with Gasteiger partial charge in [-0.3, -0.25) is 9.59 Å². The van der Waals surface area contributed by atoms with E-state index in [-0.39, 0.29) is 10.4 Å². The monoisotopic (exact) mass is 323 g/mol. The number of halogens is 1. The van der Waals surface area contributed by atoms with Crippen molar-refractivity contribution in [2.45, 2.75) is 17.6 Å².